The molecule has 0 N–H and O–H groups in total. The first-order valence-corrected chi connectivity index (χ1v) is 11.7. The van der Waals surface area contributed by atoms with Crippen molar-refractivity contribution in [3.05, 3.63) is 96.5 Å². The largest absolute Gasteiger partial charge is 0.462 e. The highest BCUT2D eigenvalue weighted by Crippen LogP contribution is 2.36. The van der Waals surface area contributed by atoms with Gasteiger partial charge in [0.2, 0.25) is 0 Å². The zero-order valence-electron chi connectivity index (χ0n) is 19.9. The van der Waals surface area contributed by atoms with Crippen molar-refractivity contribution < 1.29 is 4.42 Å². The maximum Gasteiger partial charge on any atom is 0.160 e. The Morgan fingerprint density at radius 3 is 2.38 bits per heavy atom. The van der Waals surface area contributed by atoms with Gasteiger partial charge in [-0.3, -0.25) is 4.98 Å². The predicted molar refractivity (Wildman–Crippen MR) is 141 cm³/mol. The molecule has 0 unspecified atom stereocenters. The summed E-state index contributed by atoms with van der Waals surface area (Å²) in [6.07, 6.45) is 3.62. The highest BCUT2D eigenvalue weighted by molar-refractivity contribution is 6.09. The smallest absolute Gasteiger partial charge is 0.160 e. The van der Waals surface area contributed by atoms with E-state index in [-0.39, 0.29) is 5.41 Å². The highest BCUT2D eigenvalue weighted by Gasteiger charge is 2.15. The molecule has 3 aromatic carbocycles. The van der Waals surface area contributed by atoms with Gasteiger partial charge in [0, 0.05) is 28.2 Å². The minimum absolute atomic E-state index is 0.138. The first-order chi connectivity index (χ1) is 16.4. The Morgan fingerprint density at radius 2 is 1.53 bits per heavy atom. The van der Waals surface area contributed by atoms with Crippen molar-refractivity contribution in [2.75, 3.05) is 0 Å². The van der Waals surface area contributed by atoms with E-state index in [0.29, 0.717) is 0 Å². The molecule has 3 aromatic heterocycles. The second-order valence-corrected chi connectivity index (χ2v) is 10.1. The zero-order valence-corrected chi connectivity index (χ0v) is 19.9. The van der Waals surface area contributed by atoms with Crippen LogP contribution in [0.2, 0.25) is 0 Å². The van der Waals surface area contributed by atoms with Crippen LogP contribution in [0.5, 0.6) is 0 Å². The van der Waals surface area contributed by atoms with Crippen molar-refractivity contribution in [1.82, 2.24) is 9.97 Å². The van der Waals surface area contributed by atoms with Crippen molar-refractivity contribution in [2.24, 2.45) is 0 Å². The number of benzene rings is 3. The van der Waals surface area contributed by atoms with Crippen molar-refractivity contribution in [2.45, 2.75) is 33.1 Å². The fraction of sp³-hybridized carbons (Fsp3) is 0.161. The van der Waals surface area contributed by atoms with Crippen molar-refractivity contribution >= 4 is 32.6 Å². The Morgan fingerprint density at radius 1 is 0.735 bits per heavy atom. The quantitative estimate of drug-likeness (QED) is 0.270. The van der Waals surface area contributed by atoms with E-state index in [0.717, 1.165) is 44.4 Å². The van der Waals surface area contributed by atoms with Crippen LogP contribution < -0.4 is 0 Å². The minimum atomic E-state index is 0.138. The lowest BCUT2D eigenvalue weighted by molar-refractivity contribution is 0.591. The van der Waals surface area contributed by atoms with Crippen molar-refractivity contribution in [3.8, 4) is 22.4 Å². The number of aromatic nitrogens is 2. The Labute approximate surface area is 199 Å². The van der Waals surface area contributed by atoms with Crippen molar-refractivity contribution in [3.63, 3.8) is 0 Å². The third-order valence-electron chi connectivity index (χ3n) is 6.61. The summed E-state index contributed by atoms with van der Waals surface area (Å²) in [6, 6.07) is 26.0. The van der Waals surface area contributed by atoms with Crippen LogP contribution in [-0.2, 0) is 5.41 Å². The van der Waals surface area contributed by atoms with Crippen molar-refractivity contribution in [1.29, 1.82) is 0 Å². The lowest BCUT2D eigenvalue weighted by Gasteiger charge is -2.19. The average Bonchev–Trinajstić information content (AvgIpc) is 3.31. The second-order valence-electron chi connectivity index (χ2n) is 10.1. The summed E-state index contributed by atoms with van der Waals surface area (Å²) in [5.41, 5.74) is 8.48. The Hall–Kier alpha value is -3.98. The summed E-state index contributed by atoms with van der Waals surface area (Å²) in [4.78, 5) is 9.52. The average molecular weight is 443 g/mol. The van der Waals surface area contributed by atoms with Crippen LogP contribution in [0.3, 0.4) is 0 Å². The summed E-state index contributed by atoms with van der Waals surface area (Å²) >= 11 is 0. The Balaban J connectivity index is 1.48. The van der Waals surface area contributed by atoms with Gasteiger partial charge in [0.25, 0.3) is 0 Å². The predicted octanol–water partition coefficient (Wildman–Crippen LogP) is 8.47. The van der Waals surface area contributed by atoms with Crippen LogP contribution in [0, 0.1) is 6.92 Å². The van der Waals surface area contributed by atoms with E-state index >= 15 is 0 Å². The summed E-state index contributed by atoms with van der Waals surface area (Å²) in [5.74, 6) is 0. The van der Waals surface area contributed by atoms with Gasteiger partial charge < -0.3 is 4.42 Å². The fourth-order valence-corrected chi connectivity index (χ4v) is 4.67. The Bertz CT molecular complexity index is 1700. The molecule has 0 aliphatic carbocycles. The lowest BCUT2D eigenvalue weighted by atomic mass is 9.85. The molecule has 0 aliphatic rings. The van der Waals surface area contributed by atoms with E-state index in [1.165, 1.54) is 21.9 Å². The van der Waals surface area contributed by atoms with Crippen LogP contribution in [0.25, 0.3) is 55.0 Å². The summed E-state index contributed by atoms with van der Waals surface area (Å²) in [7, 11) is 0. The number of furan rings is 1. The highest BCUT2D eigenvalue weighted by atomic mass is 16.3. The van der Waals surface area contributed by atoms with Crippen LogP contribution in [0.15, 0.2) is 89.7 Å². The van der Waals surface area contributed by atoms with Gasteiger partial charge in [0.05, 0.1) is 12.0 Å². The van der Waals surface area contributed by atoms with Gasteiger partial charge in [0.1, 0.15) is 5.52 Å². The van der Waals surface area contributed by atoms with E-state index in [2.05, 4.69) is 81.4 Å². The molecule has 0 spiro atoms. The first-order valence-electron chi connectivity index (χ1n) is 11.7. The fourth-order valence-electron chi connectivity index (χ4n) is 4.67. The molecular weight excluding hydrogens is 416 g/mol. The summed E-state index contributed by atoms with van der Waals surface area (Å²) < 4.78 is 5.76. The third-order valence-corrected chi connectivity index (χ3v) is 6.61. The van der Waals surface area contributed by atoms with Gasteiger partial charge in [-0.15, -0.1) is 0 Å². The SMILES string of the molecule is Cc1ccc2c(-c3cc(-c4ccc5cc(C(C)(C)C)ccc5c4)ccn3)cc3ccoc3c2n1. The topological polar surface area (TPSA) is 38.9 Å². The second kappa shape index (κ2) is 7.53. The van der Waals surface area contributed by atoms with E-state index in [1.54, 1.807) is 6.26 Å². The number of rotatable bonds is 2. The summed E-state index contributed by atoms with van der Waals surface area (Å²) in [5, 5.41) is 4.59. The van der Waals surface area contributed by atoms with E-state index in [9.17, 15) is 0 Å². The third kappa shape index (κ3) is 3.45. The molecule has 0 radical (unpaired) electrons. The molecule has 6 rings (SSSR count). The molecule has 0 saturated heterocycles. The summed E-state index contributed by atoms with van der Waals surface area (Å²) in [6.45, 7) is 8.76. The normalized spacial score (nSPS) is 12.1. The molecule has 0 fully saturated rings. The molecule has 0 atom stereocenters. The number of nitrogens with zero attached hydrogens (tertiary/aromatic N) is 2. The monoisotopic (exact) mass is 442 g/mol. The molecule has 3 heteroatoms. The van der Waals surface area contributed by atoms with Gasteiger partial charge in [0.15, 0.2) is 5.58 Å². The van der Waals surface area contributed by atoms with Gasteiger partial charge in [-0.1, -0.05) is 57.2 Å². The molecule has 6 aromatic rings. The van der Waals surface area contributed by atoms with Crippen LogP contribution in [0.1, 0.15) is 32.0 Å². The molecule has 166 valence electrons. The zero-order chi connectivity index (χ0) is 23.4. The van der Waals surface area contributed by atoms with E-state index in [1.807, 2.05) is 25.3 Å². The molecule has 34 heavy (non-hydrogen) atoms. The molecule has 0 amide bonds. The minimum Gasteiger partial charge on any atom is -0.462 e. The first kappa shape index (κ1) is 20.6. The number of pyridine rings is 2. The van der Waals surface area contributed by atoms with Gasteiger partial charge >= 0.3 is 0 Å². The maximum absolute atomic E-state index is 5.76. The maximum atomic E-state index is 5.76. The molecule has 0 saturated carbocycles. The number of fused-ring (bicyclic) bond motifs is 4. The number of hydrogen-bond donors (Lipinski definition) is 0. The molecule has 3 nitrogen and oxygen atoms in total. The van der Waals surface area contributed by atoms with E-state index in [4.69, 9.17) is 14.4 Å². The van der Waals surface area contributed by atoms with Gasteiger partial charge in [-0.2, -0.15) is 0 Å². The van der Waals surface area contributed by atoms with E-state index < -0.39 is 0 Å². The molecule has 3 heterocycles. The Kier molecular flexibility index (Phi) is 4.56. The molecular formula is C31H26N2O. The molecule has 0 aliphatic heterocycles. The lowest BCUT2D eigenvalue weighted by Crippen LogP contribution is -2.10. The van der Waals surface area contributed by atoms with Crippen LogP contribution in [0.4, 0.5) is 0 Å². The van der Waals surface area contributed by atoms with Crippen LogP contribution in [-0.4, -0.2) is 9.97 Å². The van der Waals surface area contributed by atoms with Gasteiger partial charge in [-0.25, -0.2) is 4.98 Å². The molecule has 0 bridgehead atoms. The van der Waals surface area contributed by atoms with Crippen LogP contribution >= 0.6 is 0 Å². The number of hydrogen-bond acceptors (Lipinski definition) is 3. The standard InChI is InChI=1S/C31H26N2O/c1-19-5-10-26-27(17-24-12-14-34-30(24)29(26)33-19)28-18-23(11-13-32-28)20-6-7-22-16-25(31(2,3)4)9-8-21(22)15-20/h5-18H,1-4H3. The van der Waals surface area contributed by atoms with Gasteiger partial charge in [-0.05, 0) is 76.2 Å². The number of aryl methyl sites for hydroxylation is 1.